The van der Waals surface area contributed by atoms with E-state index in [0.717, 1.165) is 51.4 Å². The van der Waals surface area contributed by atoms with Crippen LogP contribution < -0.4 is 10.6 Å². The fraction of sp³-hybridized carbons (Fsp3) is 0.875. The molecule has 3 heterocycles. The van der Waals surface area contributed by atoms with E-state index in [1.54, 1.807) is 0 Å². The van der Waals surface area contributed by atoms with Gasteiger partial charge < -0.3 is 29.6 Å². The smallest absolute Gasteiger partial charge is 0.313 e. The molecular weight excluding hydrogens is 508 g/mol. The molecule has 0 aromatic heterocycles. The first-order chi connectivity index (χ1) is 18.5. The van der Waals surface area contributed by atoms with E-state index in [-0.39, 0.29) is 52.2 Å². The van der Waals surface area contributed by atoms with E-state index in [4.69, 9.17) is 18.9 Å². The molecule has 4 rings (SSSR count). The fourth-order valence-electron chi connectivity index (χ4n) is 7.71. The Kier molecular flexibility index (Phi) is 9.45. The summed E-state index contributed by atoms with van der Waals surface area (Å²) in [6, 6.07) is 0. The molecule has 8 heteroatoms. The number of esters is 2. The highest BCUT2D eigenvalue weighted by atomic mass is 16.7. The lowest BCUT2D eigenvalue weighted by Gasteiger charge is -2.46. The quantitative estimate of drug-likeness (QED) is 0.343. The first-order valence-corrected chi connectivity index (χ1v) is 15.4. The molecule has 2 N–H and O–H groups in total. The molecule has 40 heavy (non-hydrogen) atoms. The number of hydrogen-bond acceptors (Lipinski definition) is 8. The van der Waals surface area contributed by atoms with Crippen LogP contribution in [0.5, 0.6) is 0 Å². The first-order valence-electron chi connectivity index (χ1n) is 15.4. The zero-order valence-electron chi connectivity index (χ0n) is 26.1. The van der Waals surface area contributed by atoms with Gasteiger partial charge in [0.1, 0.15) is 18.1 Å². The van der Waals surface area contributed by atoms with E-state index in [0.29, 0.717) is 19.1 Å². The van der Waals surface area contributed by atoms with Gasteiger partial charge >= 0.3 is 11.9 Å². The number of rotatable bonds is 6. The molecule has 0 aromatic rings. The minimum Gasteiger partial charge on any atom is -0.462 e. The summed E-state index contributed by atoms with van der Waals surface area (Å²) < 4.78 is 23.6. The minimum atomic E-state index is -0.449. The topological polar surface area (TPSA) is 95.1 Å². The maximum absolute atomic E-state index is 12.9. The van der Waals surface area contributed by atoms with Crippen LogP contribution in [0, 0.1) is 17.8 Å². The first kappa shape index (κ1) is 31.5. The standard InChI is InChI=1S/C32H54N2O6/c1-29(2)15-24(16-30(3,4)33-29)39-27(35)22-12-9-21(10-13-22)11-14-26-37-19-23(20-38-26)28(36)40-25-17-31(5,6)34-32(7,8)18-25/h11,14,21-26,33-34H,9-10,12-13,15-20H2,1-8H3/b14-11+. The molecule has 3 aliphatic heterocycles. The van der Waals surface area contributed by atoms with Crippen LogP contribution in [0.4, 0.5) is 0 Å². The van der Waals surface area contributed by atoms with Crippen LogP contribution in [0.15, 0.2) is 12.2 Å². The maximum Gasteiger partial charge on any atom is 0.313 e. The second kappa shape index (κ2) is 12.0. The number of carbonyl (C=O) groups is 2. The predicted molar refractivity (Wildman–Crippen MR) is 155 cm³/mol. The molecule has 0 bridgehead atoms. The second-order valence-electron chi connectivity index (χ2n) is 15.4. The normalized spacial score (nSPS) is 34.3. The van der Waals surface area contributed by atoms with E-state index >= 15 is 0 Å². The van der Waals surface area contributed by atoms with Gasteiger partial charge in [-0.1, -0.05) is 6.08 Å². The van der Waals surface area contributed by atoms with Gasteiger partial charge in [0.05, 0.1) is 19.1 Å². The lowest BCUT2D eigenvalue weighted by molar-refractivity contribution is -0.196. The van der Waals surface area contributed by atoms with Gasteiger partial charge in [0.2, 0.25) is 0 Å². The number of ether oxygens (including phenoxy) is 4. The van der Waals surface area contributed by atoms with Crippen molar-refractivity contribution in [2.24, 2.45) is 17.8 Å². The summed E-state index contributed by atoms with van der Waals surface area (Å²) in [5, 5.41) is 7.26. The molecular formula is C32H54N2O6. The summed E-state index contributed by atoms with van der Waals surface area (Å²) in [6.07, 6.45) is 10.4. The largest absolute Gasteiger partial charge is 0.462 e. The zero-order valence-corrected chi connectivity index (χ0v) is 26.1. The van der Waals surface area contributed by atoms with Gasteiger partial charge in [-0.2, -0.15) is 0 Å². The van der Waals surface area contributed by atoms with Crippen LogP contribution in [0.3, 0.4) is 0 Å². The Balaban J connectivity index is 1.16. The molecule has 0 unspecified atom stereocenters. The Bertz CT molecular complexity index is 820. The molecule has 1 aliphatic carbocycles. The van der Waals surface area contributed by atoms with Crippen molar-refractivity contribution in [3.05, 3.63) is 12.2 Å². The Hall–Kier alpha value is -1.48. The fourth-order valence-corrected chi connectivity index (χ4v) is 7.71. The molecule has 0 atom stereocenters. The highest BCUT2D eigenvalue weighted by molar-refractivity contribution is 5.73. The van der Waals surface area contributed by atoms with Crippen LogP contribution in [0.2, 0.25) is 0 Å². The van der Waals surface area contributed by atoms with Gasteiger partial charge in [-0.25, -0.2) is 0 Å². The van der Waals surface area contributed by atoms with Gasteiger partial charge in [0.15, 0.2) is 6.29 Å². The zero-order chi connectivity index (χ0) is 29.3. The lowest BCUT2D eigenvalue weighted by atomic mass is 9.80. The molecule has 4 fully saturated rings. The van der Waals surface area contributed by atoms with Crippen molar-refractivity contribution >= 4 is 11.9 Å². The van der Waals surface area contributed by atoms with Crippen LogP contribution in [0.1, 0.15) is 107 Å². The van der Waals surface area contributed by atoms with Crippen molar-refractivity contribution in [1.29, 1.82) is 0 Å². The number of piperidine rings is 2. The molecule has 0 spiro atoms. The van der Waals surface area contributed by atoms with E-state index in [9.17, 15) is 9.59 Å². The lowest BCUT2D eigenvalue weighted by Crippen LogP contribution is -2.60. The summed E-state index contributed by atoms with van der Waals surface area (Å²) in [5.41, 5.74) is -0.243. The summed E-state index contributed by atoms with van der Waals surface area (Å²) in [5.74, 6) is -0.293. The monoisotopic (exact) mass is 562 g/mol. The Labute approximate surface area is 241 Å². The average molecular weight is 563 g/mol. The molecule has 1 saturated carbocycles. The van der Waals surface area contributed by atoms with E-state index < -0.39 is 12.2 Å². The molecule has 0 amide bonds. The molecule has 4 aliphatic rings. The van der Waals surface area contributed by atoms with Gasteiger partial charge in [-0.05, 0) is 93.1 Å². The van der Waals surface area contributed by atoms with Crippen molar-refractivity contribution in [3.63, 3.8) is 0 Å². The molecule has 8 nitrogen and oxygen atoms in total. The molecule has 0 radical (unpaired) electrons. The summed E-state index contributed by atoms with van der Waals surface area (Å²) in [4.78, 5) is 25.7. The molecule has 228 valence electrons. The predicted octanol–water partition coefficient (Wildman–Crippen LogP) is 5.04. The number of nitrogens with one attached hydrogen (secondary N) is 2. The summed E-state index contributed by atoms with van der Waals surface area (Å²) in [6.45, 7) is 17.9. The SMILES string of the molecule is CC1(C)CC(OC(=O)C2CCC(/C=C/C3OCC(C(=O)OC4CC(C)(C)NC(C)(C)C4)CO3)CC2)CC(C)(C)N1. The molecule has 0 aromatic carbocycles. The van der Waals surface area contributed by atoms with Crippen molar-refractivity contribution in [2.75, 3.05) is 13.2 Å². The second-order valence-corrected chi connectivity index (χ2v) is 15.4. The average Bonchev–Trinajstić information content (AvgIpc) is 2.79. The number of allylic oxidation sites excluding steroid dienone is 1. The van der Waals surface area contributed by atoms with Crippen molar-refractivity contribution in [1.82, 2.24) is 10.6 Å². The van der Waals surface area contributed by atoms with Crippen LogP contribution in [0.25, 0.3) is 0 Å². The Morgan fingerprint density at radius 1 is 0.625 bits per heavy atom. The third kappa shape index (κ3) is 9.01. The van der Waals surface area contributed by atoms with E-state index in [1.165, 1.54) is 0 Å². The van der Waals surface area contributed by atoms with Crippen molar-refractivity contribution in [2.45, 2.75) is 147 Å². The summed E-state index contributed by atoms with van der Waals surface area (Å²) in [7, 11) is 0. The minimum absolute atomic E-state index is 0.0178. The highest BCUT2D eigenvalue weighted by Gasteiger charge is 2.42. The van der Waals surface area contributed by atoms with Crippen molar-refractivity contribution in [3.8, 4) is 0 Å². The third-order valence-electron chi connectivity index (χ3n) is 8.77. The molecule has 3 saturated heterocycles. The van der Waals surface area contributed by atoms with Crippen LogP contribution in [-0.2, 0) is 28.5 Å². The van der Waals surface area contributed by atoms with Gasteiger partial charge in [-0.15, -0.1) is 0 Å². The maximum atomic E-state index is 12.9. The van der Waals surface area contributed by atoms with E-state index in [2.05, 4.69) is 72.1 Å². The van der Waals surface area contributed by atoms with Gasteiger partial charge in [0.25, 0.3) is 0 Å². The van der Waals surface area contributed by atoms with Gasteiger partial charge in [-0.3, -0.25) is 9.59 Å². The van der Waals surface area contributed by atoms with E-state index in [1.807, 2.05) is 6.08 Å². The third-order valence-corrected chi connectivity index (χ3v) is 8.77. The Morgan fingerprint density at radius 2 is 1.02 bits per heavy atom. The number of hydrogen-bond donors (Lipinski definition) is 2. The Morgan fingerprint density at radius 3 is 1.45 bits per heavy atom. The number of carbonyl (C=O) groups excluding carboxylic acids is 2. The highest BCUT2D eigenvalue weighted by Crippen LogP contribution is 2.35. The van der Waals surface area contributed by atoms with Crippen LogP contribution >= 0.6 is 0 Å². The van der Waals surface area contributed by atoms with Crippen LogP contribution in [-0.4, -0.2) is 65.8 Å². The summed E-state index contributed by atoms with van der Waals surface area (Å²) >= 11 is 0. The van der Waals surface area contributed by atoms with Crippen molar-refractivity contribution < 1.29 is 28.5 Å². The van der Waals surface area contributed by atoms with Gasteiger partial charge in [0, 0.05) is 47.8 Å².